The molecule has 0 aromatic carbocycles. The molecule has 2 heterocycles. The van der Waals surface area contributed by atoms with Crippen molar-refractivity contribution in [2.75, 3.05) is 19.7 Å². The highest BCUT2D eigenvalue weighted by atomic mass is 35.5. The van der Waals surface area contributed by atoms with Crippen LogP contribution in [0.15, 0.2) is 12.1 Å². The fourth-order valence-electron chi connectivity index (χ4n) is 2.24. The molecule has 0 bridgehead atoms. The topological polar surface area (TPSA) is 29.5 Å². The summed E-state index contributed by atoms with van der Waals surface area (Å²) in [5.41, 5.74) is 0. The first-order chi connectivity index (χ1) is 8.69. The van der Waals surface area contributed by atoms with Crippen molar-refractivity contribution in [3.63, 3.8) is 0 Å². The van der Waals surface area contributed by atoms with Crippen LogP contribution in [-0.4, -0.2) is 30.6 Å². The highest BCUT2D eigenvalue weighted by Crippen LogP contribution is 2.25. The predicted molar refractivity (Wildman–Crippen MR) is 74.0 cm³/mol. The van der Waals surface area contributed by atoms with Crippen molar-refractivity contribution in [2.24, 2.45) is 5.92 Å². The highest BCUT2D eigenvalue weighted by molar-refractivity contribution is 7.16. The van der Waals surface area contributed by atoms with E-state index in [1.165, 1.54) is 4.88 Å². The van der Waals surface area contributed by atoms with Crippen LogP contribution in [0.3, 0.4) is 0 Å². The van der Waals surface area contributed by atoms with Crippen LogP contribution in [-0.2, 0) is 16.1 Å². The number of piperidine rings is 1. The van der Waals surface area contributed by atoms with Gasteiger partial charge in [-0.15, -0.1) is 11.3 Å². The summed E-state index contributed by atoms with van der Waals surface area (Å²) in [6.45, 7) is 5.19. The van der Waals surface area contributed by atoms with E-state index in [-0.39, 0.29) is 11.9 Å². The monoisotopic (exact) mass is 287 g/mol. The number of nitrogens with zero attached hydrogens (tertiary/aromatic N) is 1. The van der Waals surface area contributed by atoms with Crippen molar-refractivity contribution in [3.05, 3.63) is 21.3 Å². The van der Waals surface area contributed by atoms with E-state index in [1.54, 1.807) is 11.3 Å². The number of carbonyl (C=O) groups is 1. The molecule has 5 heteroatoms. The molecular formula is C13H18ClNO2S. The molecule has 1 aromatic heterocycles. The minimum Gasteiger partial charge on any atom is -0.466 e. The van der Waals surface area contributed by atoms with E-state index >= 15 is 0 Å². The van der Waals surface area contributed by atoms with Gasteiger partial charge in [0.15, 0.2) is 0 Å². The summed E-state index contributed by atoms with van der Waals surface area (Å²) in [4.78, 5) is 15.3. The van der Waals surface area contributed by atoms with Crippen LogP contribution in [0.1, 0.15) is 24.6 Å². The Morgan fingerprint density at radius 2 is 2.22 bits per heavy atom. The van der Waals surface area contributed by atoms with Gasteiger partial charge in [-0.1, -0.05) is 11.6 Å². The summed E-state index contributed by atoms with van der Waals surface area (Å²) in [7, 11) is 0. The number of halogens is 1. The van der Waals surface area contributed by atoms with Gasteiger partial charge in [0.05, 0.1) is 16.9 Å². The van der Waals surface area contributed by atoms with Gasteiger partial charge in [0.25, 0.3) is 0 Å². The summed E-state index contributed by atoms with van der Waals surface area (Å²) < 4.78 is 5.90. The molecule has 0 spiro atoms. The molecule has 0 radical (unpaired) electrons. The van der Waals surface area contributed by atoms with Crippen LogP contribution in [0.25, 0.3) is 0 Å². The maximum Gasteiger partial charge on any atom is 0.309 e. The van der Waals surface area contributed by atoms with Gasteiger partial charge in [0, 0.05) is 11.4 Å². The zero-order chi connectivity index (χ0) is 13.0. The van der Waals surface area contributed by atoms with Crippen LogP contribution in [0.5, 0.6) is 0 Å². The predicted octanol–water partition coefficient (Wildman–Crippen LogP) is 3.18. The van der Waals surface area contributed by atoms with Gasteiger partial charge >= 0.3 is 5.97 Å². The van der Waals surface area contributed by atoms with Crippen molar-refractivity contribution in [2.45, 2.75) is 26.3 Å². The Kier molecular flexibility index (Phi) is 5.03. The van der Waals surface area contributed by atoms with Gasteiger partial charge in [-0.2, -0.15) is 0 Å². The Bertz CT molecular complexity index is 399. The summed E-state index contributed by atoms with van der Waals surface area (Å²) >= 11 is 7.55. The summed E-state index contributed by atoms with van der Waals surface area (Å²) in [6, 6.07) is 4.01. The molecule has 1 fully saturated rings. The lowest BCUT2D eigenvalue weighted by atomic mass is 9.97. The lowest BCUT2D eigenvalue weighted by molar-refractivity contribution is -0.149. The first-order valence-corrected chi connectivity index (χ1v) is 7.51. The molecule has 0 atom stereocenters. The van der Waals surface area contributed by atoms with Crippen molar-refractivity contribution in [1.82, 2.24) is 4.90 Å². The van der Waals surface area contributed by atoms with E-state index in [4.69, 9.17) is 16.3 Å². The summed E-state index contributed by atoms with van der Waals surface area (Å²) in [6.07, 6.45) is 1.80. The first kappa shape index (κ1) is 13.8. The molecule has 1 saturated heterocycles. The Hall–Kier alpha value is -0.580. The number of carbonyl (C=O) groups excluding carboxylic acids is 1. The fourth-order valence-corrected chi connectivity index (χ4v) is 3.37. The molecule has 1 aliphatic heterocycles. The Morgan fingerprint density at radius 3 is 2.78 bits per heavy atom. The van der Waals surface area contributed by atoms with Gasteiger partial charge in [0.2, 0.25) is 0 Å². The number of hydrogen-bond acceptors (Lipinski definition) is 4. The van der Waals surface area contributed by atoms with E-state index < -0.39 is 0 Å². The molecule has 0 N–H and O–H groups in total. The zero-order valence-electron chi connectivity index (χ0n) is 10.5. The second-order valence-electron chi connectivity index (χ2n) is 4.51. The molecule has 0 amide bonds. The largest absolute Gasteiger partial charge is 0.466 e. The SMILES string of the molecule is CCOC(=O)C1CCN(Cc2ccc(Cl)s2)CC1. The maximum absolute atomic E-state index is 11.6. The number of rotatable bonds is 4. The van der Waals surface area contributed by atoms with E-state index in [2.05, 4.69) is 11.0 Å². The van der Waals surface area contributed by atoms with E-state index in [0.717, 1.165) is 36.8 Å². The van der Waals surface area contributed by atoms with E-state index in [1.807, 2.05) is 13.0 Å². The van der Waals surface area contributed by atoms with Crippen molar-refractivity contribution < 1.29 is 9.53 Å². The Labute approximate surface area is 117 Å². The third kappa shape index (κ3) is 3.70. The second-order valence-corrected chi connectivity index (χ2v) is 6.31. The van der Waals surface area contributed by atoms with Gasteiger partial charge < -0.3 is 4.74 Å². The average Bonchev–Trinajstić information content (AvgIpc) is 2.76. The third-order valence-corrected chi connectivity index (χ3v) is 4.43. The highest BCUT2D eigenvalue weighted by Gasteiger charge is 2.25. The van der Waals surface area contributed by atoms with Crippen LogP contribution >= 0.6 is 22.9 Å². The fraction of sp³-hybridized carbons (Fsp3) is 0.615. The Balaban J connectivity index is 1.78. The number of thiophene rings is 1. The lowest BCUT2D eigenvalue weighted by Gasteiger charge is -2.30. The zero-order valence-corrected chi connectivity index (χ0v) is 12.1. The van der Waals surface area contributed by atoms with Crippen molar-refractivity contribution in [1.29, 1.82) is 0 Å². The molecule has 18 heavy (non-hydrogen) atoms. The number of likely N-dealkylation sites (tertiary alicyclic amines) is 1. The summed E-state index contributed by atoms with van der Waals surface area (Å²) in [5.74, 6) is 0.0597. The maximum atomic E-state index is 11.6. The molecule has 0 saturated carbocycles. The van der Waals surface area contributed by atoms with Gasteiger partial charge in [0.1, 0.15) is 0 Å². The van der Waals surface area contributed by atoms with Crippen LogP contribution in [0.2, 0.25) is 4.34 Å². The van der Waals surface area contributed by atoms with Crippen molar-refractivity contribution in [3.8, 4) is 0 Å². The molecule has 0 unspecified atom stereocenters. The Morgan fingerprint density at radius 1 is 1.50 bits per heavy atom. The number of ether oxygens (including phenoxy) is 1. The quantitative estimate of drug-likeness (QED) is 0.797. The lowest BCUT2D eigenvalue weighted by Crippen LogP contribution is -2.36. The molecule has 1 aliphatic rings. The molecule has 100 valence electrons. The number of hydrogen-bond donors (Lipinski definition) is 0. The van der Waals surface area contributed by atoms with Crippen LogP contribution in [0, 0.1) is 5.92 Å². The van der Waals surface area contributed by atoms with Crippen LogP contribution in [0.4, 0.5) is 0 Å². The average molecular weight is 288 g/mol. The molecule has 3 nitrogen and oxygen atoms in total. The van der Waals surface area contributed by atoms with Gasteiger partial charge in [-0.3, -0.25) is 9.69 Å². The number of esters is 1. The summed E-state index contributed by atoms with van der Waals surface area (Å²) in [5, 5.41) is 0. The molecular weight excluding hydrogens is 270 g/mol. The minimum atomic E-state index is -0.0312. The first-order valence-electron chi connectivity index (χ1n) is 6.32. The second kappa shape index (κ2) is 6.55. The molecule has 1 aromatic rings. The third-order valence-electron chi connectivity index (χ3n) is 3.22. The molecule has 2 rings (SSSR count). The smallest absolute Gasteiger partial charge is 0.309 e. The van der Waals surface area contributed by atoms with E-state index in [0.29, 0.717) is 6.61 Å². The van der Waals surface area contributed by atoms with Gasteiger partial charge in [-0.25, -0.2) is 0 Å². The standard InChI is InChI=1S/C13H18ClNO2S/c1-2-17-13(16)10-5-7-15(8-6-10)9-11-3-4-12(14)18-11/h3-4,10H,2,5-9H2,1H3. The molecule has 0 aliphatic carbocycles. The van der Waals surface area contributed by atoms with Crippen molar-refractivity contribution >= 4 is 28.9 Å². The minimum absolute atomic E-state index is 0.0312. The van der Waals surface area contributed by atoms with Gasteiger partial charge in [-0.05, 0) is 45.0 Å². The normalized spacial score (nSPS) is 17.9. The van der Waals surface area contributed by atoms with E-state index in [9.17, 15) is 4.79 Å². The van der Waals surface area contributed by atoms with Crippen LogP contribution < -0.4 is 0 Å².